The van der Waals surface area contributed by atoms with E-state index in [0.29, 0.717) is 44.7 Å². The summed E-state index contributed by atoms with van der Waals surface area (Å²) in [6.45, 7) is 2.46. The first-order valence-electron chi connectivity index (χ1n) is 7.57. The summed E-state index contributed by atoms with van der Waals surface area (Å²) in [5.74, 6) is -0.786. The van der Waals surface area contributed by atoms with E-state index in [1.165, 1.54) is 0 Å². The van der Waals surface area contributed by atoms with Gasteiger partial charge in [-0.15, -0.1) is 0 Å². The van der Waals surface area contributed by atoms with Gasteiger partial charge in [-0.25, -0.2) is 0 Å². The Hall–Kier alpha value is -1.92. The summed E-state index contributed by atoms with van der Waals surface area (Å²) in [6, 6.07) is 8.88. The number of hydrogen-bond acceptors (Lipinski definition) is 4. The minimum atomic E-state index is -0.482. The molecule has 2 heterocycles. The van der Waals surface area contributed by atoms with Crippen molar-refractivity contribution in [1.82, 2.24) is 10.2 Å². The number of nitrogens with zero attached hydrogens (tertiary/aromatic N) is 1. The Balaban J connectivity index is 1.46. The number of amides is 2. The highest BCUT2D eigenvalue weighted by molar-refractivity contribution is 5.96. The Kier molecular flexibility index (Phi) is 4.40. The van der Waals surface area contributed by atoms with Crippen molar-refractivity contribution in [2.75, 3.05) is 32.8 Å². The molecule has 0 radical (unpaired) electrons. The van der Waals surface area contributed by atoms with Gasteiger partial charge in [0.2, 0.25) is 5.91 Å². The fourth-order valence-electron chi connectivity index (χ4n) is 2.84. The van der Waals surface area contributed by atoms with E-state index in [9.17, 15) is 9.59 Å². The largest absolute Gasteiger partial charge is 0.347 e. The standard InChI is InChI=1S/C16H20N2O4/c19-14(12-17-15(20)13-4-2-1-3-5-13)18-8-6-16(7-9-18)21-10-11-22-16/h1-5H,6-12H2,(H,17,20). The summed E-state index contributed by atoms with van der Waals surface area (Å²) in [7, 11) is 0. The van der Waals surface area contributed by atoms with Gasteiger partial charge in [0.05, 0.1) is 19.8 Å². The lowest BCUT2D eigenvalue weighted by Crippen LogP contribution is -2.49. The van der Waals surface area contributed by atoms with Gasteiger partial charge < -0.3 is 19.7 Å². The van der Waals surface area contributed by atoms with Gasteiger partial charge in [-0.3, -0.25) is 9.59 Å². The Morgan fingerprint density at radius 2 is 1.73 bits per heavy atom. The Bertz CT molecular complexity index is 530. The second kappa shape index (κ2) is 6.46. The molecule has 2 aliphatic rings. The number of nitrogens with one attached hydrogen (secondary N) is 1. The lowest BCUT2D eigenvalue weighted by atomic mass is 10.0. The molecule has 0 aromatic heterocycles. The van der Waals surface area contributed by atoms with Gasteiger partial charge in [-0.05, 0) is 12.1 Å². The van der Waals surface area contributed by atoms with Crippen LogP contribution in [0.2, 0.25) is 0 Å². The zero-order valence-corrected chi connectivity index (χ0v) is 12.4. The summed E-state index contributed by atoms with van der Waals surface area (Å²) in [6.07, 6.45) is 1.37. The fraction of sp³-hybridized carbons (Fsp3) is 0.500. The van der Waals surface area contributed by atoms with Crippen molar-refractivity contribution in [2.45, 2.75) is 18.6 Å². The predicted molar refractivity (Wildman–Crippen MR) is 79.2 cm³/mol. The van der Waals surface area contributed by atoms with E-state index >= 15 is 0 Å². The number of rotatable bonds is 3. The summed E-state index contributed by atoms with van der Waals surface area (Å²) in [5.41, 5.74) is 0.556. The van der Waals surface area contributed by atoms with Crippen LogP contribution in [0.3, 0.4) is 0 Å². The van der Waals surface area contributed by atoms with E-state index in [0.717, 1.165) is 0 Å². The third kappa shape index (κ3) is 3.28. The molecule has 118 valence electrons. The van der Waals surface area contributed by atoms with E-state index in [1.807, 2.05) is 6.07 Å². The fourth-order valence-corrected chi connectivity index (χ4v) is 2.84. The molecule has 2 fully saturated rings. The number of hydrogen-bond donors (Lipinski definition) is 1. The van der Waals surface area contributed by atoms with Crippen LogP contribution in [-0.4, -0.2) is 55.3 Å². The molecule has 2 aliphatic heterocycles. The van der Waals surface area contributed by atoms with E-state index in [2.05, 4.69) is 5.32 Å². The van der Waals surface area contributed by atoms with E-state index < -0.39 is 5.79 Å². The van der Waals surface area contributed by atoms with Crippen LogP contribution in [-0.2, 0) is 14.3 Å². The molecule has 1 N–H and O–H groups in total. The molecule has 6 heteroatoms. The molecular weight excluding hydrogens is 284 g/mol. The topological polar surface area (TPSA) is 67.9 Å². The summed E-state index contributed by atoms with van der Waals surface area (Å²) in [4.78, 5) is 25.8. The van der Waals surface area contributed by atoms with Crippen LogP contribution < -0.4 is 5.32 Å². The molecule has 1 aromatic rings. The lowest BCUT2D eigenvalue weighted by Gasteiger charge is -2.37. The summed E-state index contributed by atoms with van der Waals surface area (Å²) in [5, 5.41) is 2.66. The quantitative estimate of drug-likeness (QED) is 0.896. The van der Waals surface area contributed by atoms with E-state index in [-0.39, 0.29) is 18.4 Å². The zero-order chi connectivity index (χ0) is 15.4. The minimum Gasteiger partial charge on any atom is -0.347 e. The molecule has 0 atom stereocenters. The average Bonchev–Trinajstić information content (AvgIpc) is 3.02. The summed E-state index contributed by atoms with van der Waals surface area (Å²) < 4.78 is 11.3. The highest BCUT2D eigenvalue weighted by Crippen LogP contribution is 2.31. The summed E-state index contributed by atoms with van der Waals surface area (Å²) >= 11 is 0. The number of piperidine rings is 1. The minimum absolute atomic E-state index is 0.0163. The van der Waals surface area contributed by atoms with Gasteiger partial charge >= 0.3 is 0 Å². The molecule has 0 bridgehead atoms. The van der Waals surface area contributed by atoms with Crippen LogP contribution in [0.4, 0.5) is 0 Å². The molecule has 0 saturated carbocycles. The number of likely N-dealkylation sites (tertiary alicyclic amines) is 1. The molecule has 22 heavy (non-hydrogen) atoms. The predicted octanol–water partition coefficient (Wildman–Crippen LogP) is 0.782. The van der Waals surface area contributed by atoms with Gasteiger partial charge in [0.15, 0.2) is 5.79 Å². The van der Waals surface area contributed by atoms with Crippen molar-refractivity contribution in [2.24, 2.45) is 0 Å². The number of carbonyl (C=O) groups is 2. The van der Waals surface area contributed by atoms with Crippen molar-refractivity contribution >= 4 is 11.8 Å². The van der Waals surface area contributed by atoms with Crippen molar-refractivity contribution in [3.63, 3.8) is 0 Å². The maximum atomic E-state index is 12.2. The van der Waals surface area contributed by atoms with Gasteiger partial charge in [-0.2, -0.15) is 0 Å². The number of benzene rings is 1. The number of carbonyl (C=O) groups excluding carboxylic acids is 2. The molecule has 0 unspecified atom stereocenters. The molecule has 1 aromatic carbocycles. The van der Waals surface area contributed by atoms with Crippen molar-refractivity contribution < 1.29 is 19.1 Å². The smallest absolute Gasteiger partial charge is 0.251 e. The van der Waals surface area contributed by atoms with Crippen LogP contribution in [0.5, 0.6) is 0 Å². The van der Waals surface area contributed by atoms with Crippen LogP contribution in [0.1, 0.15) is 23.2 Å². The normalized spacial score (nSPS) is 20.1. The van der Waals surface area contributed by atoms with Gasteiger partial charge in [0.1, 0.15) is 0 Å². The molecule has 1 spiro atoms. The van der Waals surface area contributed by atoms with Gasteiger partial charge in [-0.1, -0.05) is 18.2 Å². The van der Waals surface area contributed by atoms with E-state index in [4.69, 9.17) is 9.47 Å². The van der Waals surface area contributed by atoms with Crippen molar-refractivity contribution in [1.29, 1.82) is 0 Å². The van der Waals surface area contributed by atoms with Crippen molar-refractivity contribution in [3.05, 3.63) is 35.9 Å². The Morgan fingerprint density at radius 3 is 2.36 bits per heavy atom. The number of ether oxygens (including phenoxy) is 2. The molecule has 3 rings (SSSR count). The van der Waals surface area contributed by atoms with Crippen LogP contribution >= 0.6 is 0 Å². The second-order valence-corrected chi connectivity index (χ2v) is 5.54. The first-order chi connectivity index (χ1) is 10.7. The third-order valence-electron chi connectivity index (χ3n) is 4.13. The van der Waals surface area contributed by atoms with Crippen LogP contribution in [0.15, 0.2) is 30.3 Å². The highest BCUT2D eigenvalue weighted by atomic mass is 16.7. The molecule has 0 aliphatic carbocycles. The zero-order valence-electron chi connectivity index (χ0n) is 12.4. The lowest BCUT2D eigenvalue weighted by molar-refractivity contribution is -0.187. The first kappa shape index (κ1) is 15.0. The third-order valence-corrected chi connectivity index (χ3v) is 4.13. The Labute approximate surface area is 129 Å². The average molecular weight is 304 g/mol. The highest BCUT2D eigenvalue weighted by Gasteiger charge is 2.40. The maximum Gasteiger partial charge on any atom is 0.251 e. The van der Waals surface area contributed by atoms with Gasteiger partial charge in [0, 0.05) is 31.5 Å². The molecule has 2 amide bonds. The second-order valence-electron chi connectivity index (χ2n) is 5.54. The van der Waals surface area contributed by atoms with Crippen LogP contribution in [0.25, 0.3) is 0 Å². The monoisotopic (exact) mass is 304 g/mol. The van der Waals surface area contributed by atoms with Gasteiger partial charge in [0.25, 0.3) is 5.91 Å². The molecule has 2 saturated heterocycles. The van der Waals surface area contributed by atoms with Crippen LogP contribution in [0, 0.1) is 0 Å². The first-order valence-corrected chi connectivity index (χ1v) is 7.57. The SMILES string of the molecule is O=C(NCC(=O)N1CCC2(CC1)OCCO2)c1ccccc1. The molecular formula is C16H20N2O4. The van der Waals surface area contributed by atoms with E-state index in [1.54, 1.807) is 29.2 Å². The van der Waals surface area contributed by atoms with Crippen molar-refractivity contribution in [3.8, 4) is 0 Å². The Morgan fingerprint density at radius 1 is 1.09 bits per heavy atom. The molecule has 6 nitrogen and oxygen atoms in total. The maximum absolute atomic E-state index is 12.2.